The zero-order chi connectivity index (χ0) is 15.8. The average molecular weight is 300 g/mol. The number of carbonyl (C=O) groups is 2. The minimum atomic E-state index is -0.588. The van der Waals surface area contributed by atoms with E-state index >= 15 is 0 Å². The second kappa shape index (κ2) is 9.00. The van der Waals surface area contributed by atoms with Crippen LogP contribution >= 0.6 is 0 Å². The number of carbonyl (C=O) groups excluding carboxylic acids is 2. The van der Waals surface area contributed by atoms with Crippen molar-refractivity contribution in [1.82, 2.24) is 10.2 Å². The van der Waals surface area contributed by atoms with Crippen molar-refractivity contribution in [2.24, 2.45) is 5.92 Å². The lowest BCUT2D eigenvalue weighted by atomic mass is 10.0. The zero-order valence-electron chi connectivity index (χ0n) is 13.6. The number of hydrogen-bond donors (Lipinski definition) is 1. The fourth-order valence-electron chi connectivity index (χ4n) is 2.30. The van der Waals surface area contributed by atoms with Crippen LogP contribution in [0.5, 0.6) is 0 Å². The molecule has 1 rings (SSSR count). The number of ether oxygens (including phenoxy) is 2. The van der Waals surface area contributed by atoms with Gasteiger partial charge in [0.15, 0.2) is 6.10 Å². The highest BCUT2D eigenvalue weighted by Gasteiger charge is 2.28. The topological polar surface area (TPSA) is 67.9 Å². The number of esters is 1. The van der Waals surface area contributed by atoms with E-state index in [1.807, 2.05) is 11.8 Å². The fourth-order valence-corrected chi connectivity index (χ4v) is 2.30. The molecule has 0 aromatic carbocycles. The van der Waals surface area contributed by atoms with Gasteiger partial charge in [-0.3, -0.25) is 9.69 Å². The summed E-state index contributed by atoms with van der Waals surface area (Å²) in [5, 5.41) is 3.00. The molecule has 0 bridgehead atoms. The SMILES string of the molecule is COC(=O)C1CN(CC(=O)NC(C)CCC(C)C)CCO1. The zero-order valence-corrected chi connectivity index (χ0v) is 13.6. The summed E-state index contributed by atoms with van der Waals surface area (Å²) in [6.07, 6.45) is 1.50. The highest BCUT2D eigenvalue weighted by Crippen LogP contribution is 2.08. The molecule has 2 atom stereocenters. The lowest BCUT2D eigenvalue weighted by molar-refractivity contribution is -0.160. The van der Waals surface area contributed by atoms with E-state index in [1.54, 1.807) is 0 Å². The number of hydrogen-bond acceptors (Lipinski definition) is 5. The van der Waals surface area contributed by atoms with Crippen LogP contribution in [0.2, 0.25) is 0 Å². The molecule has 2 unspecified atom stereocenters. The Hall–Kier alpha value is -1.14. The Bertz CT molecular complexity index is 347. The van der Waals surface area contributed by atoms with Crippen LogP contribution < -0.4 is 5.32 Å². The molecule has 122 valence electrons. The molecule has 1 amide bonds. The molecular weight excluding hydrogens is 272 g/mol. The molecule has 1 N–H and O–H groups in total. The summed E-state index contributed by atoms with van der Waals surface area (Å²) in [5.41, 5.74) is 0. The molecule has 0 aromatic rings. The van der Waals surface area contributed by atoms with E-state index in [1.165, 1.54) is 7.11 Å². The van der Waals surface area contributed by atoms with Crippen molar-refractivity contribution in [2.75, 3.05) is 33.4 Å². The van der Waals surface area contributed by atoms with Gasteiger partial charge >= 0.3 is 5.97 Å². The fraction of sp³-hybridized carbons (Fsp3) is 0.867. The van der Waals surface area contributed by atoms with Crippen molar-refractivity contribution < 1.29 is 19.1 Å². The van der Waals surface area contributed by atoms with Gasteiger partial charge in [-0.25, -0.2) is 4.79 Å². The molecule has 1 heterocycles. The number of amides is 1. The molecule has 21 heavy (non-hydrogen) atoms. The highest BCUT2D eigenvalue weighted by atomic mass is 16.6. The summed E-state index contributed by atoms with van der Waals surface area (Å²) in [5.74, 6) is 0.256. The monoisotopic (exact) mass is 300 g/mol. The molecule has 1 saturated heterocycles. The first-order chi connectivity index (χ1) is 9.92. The molecule has 1 fully saturated rings. The van der Waals surface area contributed by atoms with Crippen molar-refractivity contribution >= 4 is 11.9 Å². The van der Waals surface area contributed by atoms with Crippen molar-refractivity contribution in [2.45, 2.75) is 45.8 Å². The average Bonchev–Trinajstić information content (AvgIpc) is 2.44. The summed E-state index contributed by atoms with van der Waals surface area (Å²) >= 11 is 0. The molecule has 0 saturated carbocycles. The quantitative estimate of drug-likeness (QED) is 0.705. The molecule has 1 aliphatic heterocycles. The number of methoxy groups -OCH3 is 1. The maximum Gasteiger partial charge on any atom is 0.336 e. The van der Waals surface area contributed by atoms with E-state index < -0.39 is 6.10 Å². The van der Waals surface area contributed by atoms with Gasteiger partial charge in [0.2, 0.25) is 5.91 Å². The highest BCUT2D eigenvalue weighted by molar-refractivity contribution is 5.79. The molecule has 6 nitrogen and oxygen atoms in total. The Labute approximate surface area is 127 Å². The summed E-state index contributed by atoms with van der Waals surface area (Å²) in [6, 6.07) is 0.178. The Morgan fingerprint density at radius 1 is 1.33 bits per heavy atom. The molecule has 0 aliphatic carbocycles. The van der Waals surface area contributed by atoms with Gasteiger partial charge in [-0.1, -0.05) is 13.8 Å². The molecule has 0 spiro atoms. The number of nitrogens with zero attached hydrogens (tertiary/aromatic N) is 1. The Kier molecular flexibility index (Phi) is 7.67. The number of nitrogens with one attached hydrogen (secondary N) is 1. The van der Waals surface area contributed by atoms with Crippen molar-refractivity contribution in [1.29, 1.82) is 0 Å². The third kappa shape index (κ3) is 6.91. The summed E-state index contributed by atoms with van der Waals surface area (Å²) in [6.45, 7) is 8.17. The van der Waals surface area contributed by atoms with Crippen LogP contribution in [-0.2, 0) is 19.1 Å². The predicted octanol–water partition coefficient (Wildman–Crippen LogP) is 0.801. The van der Waals surface area contributed by atoms with Crippen molar-refractivity contribution in [3.05, 3.63) is 0 Å². The molecule has 0 radical (unpaired) electrons. The third-order valence-electron chi connectivity index (χ3n) is 3.57. The van der Waals surface area contributed by atoms with Crippen LogP contribution in [0, 0.1) is 5.92 Å². The number of morpholine rings is 1. The van der Waals surface area contributed by atoms with Gasteiger partial charge in [0.1, 0.15) is 0 Å². The lowest BCUT2D eigenvalue weighted by Crippen LogP contribution is -2.50. The van der Waals surface area contributed by atoms with Gasteiger partial charge < -0.3 is 14.8 Å². The summed E-state index contributed by atoms with van der Waals surface area (Å²) in [7, 11) is 1.34. The molecule has 6 heteroatoms. The maximum absolute atomic E-state index is 12.0. The van der Waals surface area contributed by atoms with E-state index in [9.17, 15) is 9.59 Å². The van der Waals surface area contributed by atoms with Crippen molar-refractivity contribution in [3.63, 3.8) is 0 Å². The third-order valence-corrected chi connectivity index (χ3v) is 3.57. The van der Waals surface area contributed by atoms with Crippen LogP contribution in [0.3, 0.4) is 0 Å². The van der Waals surface area contributed by atoms with E-state index in [4.69, 9.17) is 4.74 Å². The van der Waals surface area contributed by atoms with Crippen LogP contribution in [0.1, 0.15) is 33.6 Å². The molecule has 1 aliphatic rings. The molecule has 0 aromatic heterocycles. The first-order valence-corrected chi connectivity index (χ1v) is 7.63. The maximum atomic E-state index is 12.0. The Balaban J connectivity index is 2.31. The van der Waals surface area contributed by atoms with E-state index in [2.05, 4.69) is 23.9 Å². The summed E-state index contributed by atoms with van der Waals surface area (Å²) in [4.78, 5) is 25.4. The van der Waals surface area contributed by atoms with Gasteiger partial charge in [0.05, 0.1) is 20.3 Å². The molecular formula is C15H28N2O4. The predicted molar refractivity (Wildman–Crippen MR) is 79.9 cm³/mol. The van der Waals surface area contributed by atoms with Gasteiger partial charge in [-0.2, -0.15) is 0 Å². The van der Waals surface area contributed by atoms with Crippen LogP contribution in [0.25, 0.3) is 0 Å². The van der Waals surface area contributed by atoms with Crippen LogP contribution in [0.15, 0.2) is 0 Å². The van der Waals surface area contributed by atoms with Crippen LogP contribution in [-0.4, -0.2) is 62.3 Å². The van der Waals surface area contributed by atoms with Gasteiger partial charge in [0, 0.05) is 19.1 Å². The van der Waals surface area contributed by atoms with Gasteiger partial charge in [0.25, 0.3) is 0 Å². The normalized spacial score (nSPS) is 21.1. The Morgan fingerprint density at radius 2 is 2.05 bits per heavy atom. The van der Waals surface area contributed by atoms with E-state index in [0.29, 0.717) is 32.2 Å². The Morgan fingerprint density at radius 3 is 2.67 bits per heavy atom. The summed E-state index contributed by atoms with van der Waals surface area (Å²) < 4.78 is 10.0. The smallest absolute Gasteiger partial charge is 0.336 e. The first kappa shape index (κ1) is 17.9. The lowest BCUT2D eigenvalue weighted by Gasteiger charge is -2.31. The van der Waals surface area contributed by atoms with Crippen LogP contribution in [0.4, 0.5) is 0 Å². The standard InChI is InChI=1S/C15H28N2O4/c1-11(2)5-6-12(3)16-14(18)10-17-7-8-21-13(9-17)15(19)20-4/h11-13H,5-10H2,1-4H3,(H,16,18). The van der Waals surface area contributed by atoms with Gasteiger partial charge in [-0.15, -0.1) is 0 Å². The van der Waals surface area contributed by atoms with E-state index in [-0.39, 0.29) is 17.9 Å². The minimum absolute atomic E-state index is 0.00299. The van der Waals surface area contributed by atoms with Crippen molar-refractivity contribution in [3.8, 4) is 0 Å². The first-order valence-electron chi connectivity index (χ1n) is 7.63. The second-order valence-corrected chi connectivity index (χ2v) is 6.06. The van der Waals surface area contributed by atoms with Gasteiger partial charge in [-0.05, 0) is 25.7 Å². The minimum Gasteiger partial charge on any atom is -0.467 e. The second-order valence-electron chi connectivity index (χ2n) is 6.06. The number of rotatable bonds is 7. The van der Waals surface area contributed by atoms with E-state index in [0.717, 1.165) is 12.8 Å². The largest absolute Gasteiger partial charge is 0.467 e.